The van der Waals surface area contributed by atoms with Gasteiger partial charge in [-0.3, -0.25) is 4.79 Å². The number of rotatable bonds is 3. The van der Waals surface area contributed by atoms with Gasteiger partial charge < -0.3 is 4.90 Å². The Bertz CT molecular complexity index is 946. The molecule has 0 radical (unpaired) electrons. The molecule has 0 bridgehead atoms. The molecule has 3 aromatic rings. The molecule has 1 aliphatic heterocycles. The van der Waals surface area contributed by atoms with Crippen molar-refractivity contribution in [2.24, 2.45) is 0 Å². The van der Waals surface area contributed by atoms with E-state index in [0.717, 1.165) is 48.7 Å². The molecule has 1 aliphatic rings. The Labute approximate surface area is 152 Å². The number of piperidine rings is 1. The molecular weight excluding hydrogens is 326 g/mol. The van der Waals surface area contributed by atoms with Crippen LogP contribution in [0.15, 0.2) is 59.7 Å². The van der Waals surface area contributed by atoms with Crippen molar-refractivity contribution in [1.82, 2.24) is 19.7 Å². The van der Waals surface area contributed by atoms with Gasteiger partial charge in [-0.2, -0.15) is 5.10 Å². The molecule has 4 rings (SSSR count). The molecule has 132 valence electrons. The standard InChI is InChI=1S/C20H21N5O/c1-15-13-19(22-14-21-15)24-11-9-17(10-12-24)25-20(26)8-7-18(23-25)16-5-3-2-4-6-16/h2-8,13-14,17H,9-12H2,1H3. The molecule has 6 nitrogen and oxygen atoms in total. The third-order valence-electron chi connectivity index (χ3n) is 4.82. The van der Waals surface area contributed by atoms with E-state index in [1.807, 2.05) is 43.3 Å². The highest BCUT2D eigenvalue weighted by Gasteiger charge is 2.23. The minimum atomic E-state index is -0.0407. The molecule has 1 aromatic carbocycles. The largest absolute Gasteiger partial charge is 0.356 e. The Morgan fingerprint density at radius 3 is 2.50 bits per heavy atom. The first kappa shape index (κ1) is 16.4. The molecule has 0 N–H and O–H groups in total. The van der Waals surface area contributed by atoms with Gasteiger partial charge in [0, 0.05) is 36.5 Å². The van der Waals surface area contributed by atoms with Gasteiger partial charge in [-0.1, -0.05) is 30.3 Å². The van der Waals surface area contributed by atoms with E-state index in [4.69, 9.17) is 0 Å². The van der Waals surface area contributed by atoms with Gasteiger partial charge in [0.25, 0.3) is 5.56 Å². The first-order chi connectivity index (χ1) is 12.7. The van der Waals surface area contributed by atoms with Gasteiger partial charge in [0.15, 0.2) is 0 Å². The van der Waals surface area contributed by atoms with E-state index in [1.165, 1.54) is 0 Å². The van der Waals surface area contributed by atoms with Crippen LogP contribution in [-0.4, -0.2) is 32.8 Å². The lowest BCUT2D eigenvalue weighted by atomic mass is 10.0. The second-order valence-corrected chi connectivity index (χ2v) is 6.60. The van der Waals surface area contributed by atoms with Crippen molar-refractivity contribution in [2.75, 3.05) is 18.0 Å². The van der Waals surface area contributed by atoms with Crippen LogP contribution in [0.25, 0.3) is 11.3 Å². The topological polar surface area (TPSA) is 63.9 Å². The van der Waals surface area contributed by atoms with Crippen LogP contribution in [0.4, 0.5) is 5.82 Å². The van der Waals surface area contributed by atoms with E-state index >= 15 is 0 Å². The fourth-order valence-corrected chi connectivity index (χ4v) is 3.40. The normalized spacial score (nSPS) is 15.2. The summed E-state index contributed by atoms with van der Waals surface area (Å²) in [6.45, 7) is 3.67. The van der Waals surface area contributed by atoms with Crippen LogP contribution in [0.5, 0.6) is 0 Å². The maximum absolute atomic E-state index is 12.4. The highest BCUT2D eigenvalue weighted by molar-refractivity contribution is 5.57. The van der Waals surface area contributed by atoms with E-state index in [1.54, 1.807) is 23.1 Å². The van der Waals surface area contributed by atoms with Gasteiger partial charge >= 0.3 is 0 Å². The van der Waals surface area contributed by atoms with E-state index in [0.29, 0.717) is 0 Å². The molecule has 0 aliphatic carbocycles. The van der Waals surface area contributed by atoms with Crippen LogP contribution in [-0.2, 0) is 0 Å². The smallest absolute Gasteiger partial charge is 0.267 e. The predicted octanol–water partition coefficient (Wildman–Crippen LogP) is 2.85. The summed E-state index contributed by atoms with van der Waals surface area (Å²) >= 11 is 0. The Morgan fingerprint density at radius 1 is 1.00 bits per heavy atom. The zero-order valence-corrected chi connectivity index (χ0v) is 14.7. The number of aromatic nitrogens is 4. The fourth-order valence-electron chi connectivity index (χ4n) is 3.40. The van der Waals surface area contributed by atoms with Crippen LogP contribution in [0, 0.1) is 6.92 Å². The van der Waals surface area contributed by atoms with Crippen molar-refractivity contribution in [3.63, 3.8) is 0 Å². The maximum Gasteiger partial charge on any atom is 0.267 e. The number of anilines is 1. The highest BCUT2D eigenvalue weighted by atomic mass is 16.1. The van der Waals surface area contributed by atoms with Crippen molar-refractivity contribution in [1.29, 1.82) is 0 Å². The average molecular weight is 347 g/mol. The molecule has 6 heteroatoms. The quantitative estimate of drug-likeness (QED) is 0.729. The summed E-state index contributed by atoms with van der Waals surface area (Å²) in [5.74, 6) is 0.953. The molecule has 1 fully saturated rings. The van der Waals surface area contributed by atoms with E-state index in [2.05, 4.69) is 20.0 Å². The third-order valence-corrected chi connectivity index (χ3v) is 4.82. The maximum atomic E-state index is 12.4. The SMILES string of the molecule is Cc1cc(N2CCC(n3nc(-c4ccccc4)ccc3=O)CC2)ncn1. The second-order valence-electron chi connectivity index (χ2n) is 6.60. The van der Waals surface area contributed by atoms with Crippen LogP contribution in [0.1, 0.15) is 24.6 Å². The molecule has 2 aromatic heterocycles. The minimum absolute atomic E-state index is 0.0407. The van der Waals surface area contributed by atoms with Gasteiger partial charge in [-0.05, 0) is 25.8 Å². The molecule has 0 amide bonds. The summed E-state index contributed by atoms with van der Waals surface area (Å²) in [6.07, 6.45) is 3.34. The summed E-state index contributed by atoms with van der Waals surface area (Å²) < 4.78 is 1.66. The minimum Gasteiger partial charge on any atom is -0.356 e. The Morgan fingerprint density at radius 2 is 1.77 bits per heavy atom. The van der Waals surface area contributed by atoms with Gasteiger partial charge in [0.05, 0.1) is 11.7 Å². The summed E-state index contributed by atoms with van der Waals surface area (Å²) in [5, 5.41) is 4.64. The Kier molecular flexibility index (Phi) is 4.48. The number of hydrogen-bond donors (Lipinski definition) is 0. The second kappa shape index (κ2) is 7.07. The lowest BCUT2D eigenvalue weighted by Crippen LogP contribution is -2.38. The van der Waals surface area contributed by atoms with Crippen LogP contribution < -0.4 is 10.5 Å². The number of aryl methyl sites for hydroxylation is 1. The highest BCUT2D eigenvalue weighted by Crippen LogP contribution is 2.25. The first-order valence-corrected chi connectivity index (χ1v) is 8.89. The van der Waals surface area contributed by atoms with E-state index < -0.39 is 0 Å². The van der Waals surface area contributed by atoms with Gasteiger partial charge in [-0.15, -0.1) is 0 Å². The average Bonchev–Trinajstić information content (AvgIpc) is 2.69. The van der Waals surface area contributed by atoms with Crippen molar-refractivity contribution in [2.45, 2.75) is 25.8 Å². The van der Waals surface area contributed by atoms with Crippen LogP contribution in [0.3, 0.4) is 0 Å². The van der Waals surface area contributed by atoms with Crippen molar-refractivity contribution in [3.05, 3.63) is 70.9 Å². The molecule has 0 spiro atoms. The molecular formula is C20H21N5O. The molecule has 0 atom stereocenters. The molecule has 0 saturated carbocycles. The van der Waals surface area contributed by atoms with Crippen molar-refractivity contribution >= 4 is 5.82 Å². The van der Waals surface area contributed by atoms with E-state index in [-0.39, 0.29) is 11.6 Å². The van der Waals surface area contributed by atoms with Crippen molar-refractivity contribution < 1.29 is 0 Å². The van der Waals surface area contributed by atoms with Gasteiger partial charge in [0.1, 0.15) is 12.1 Å². The zero-order valence-electron chi connectivity index (χ0n) is 14.7. The number of benzene rings is 1. The van der Waals surface area contributed by atoms with Gasteiger partial charge in [0.2, 0.25) is 0 Å². The predicted molar refractivity (Wildman–Crippen MR) is 101 cm³/mol. The zero-order chi connectivity index (χ0) is 17.9. The molecule has 26 heavy (non-hydrogen) atoms. The summed E-state index contributed by atoms with van der Waals surface area (Å²) in [7, 11) is 0. The lowest BCUT2D eigenvalue weighted by molar-refractivity contribution is 0.353. The molecule has 1 saturated heterocycles. The Balaban J connectivity index is 1.53. The van der Waals surface area contributed by atoms with Crippen molar-refractivity contribution in [3.8, 4) is 11.3 Å². The monoisotopic (exact) mass is 347 g/mol. The lowest BCUT2D eigenvalue weighted by Gasteiger charge is -2.33. The first-order valence-electron chi connectivity index (χ1n) is 8.89. The number of nitrogens with zero attached hydrogens (tertiary/aromatic N) is 5. The molecule has 0 unspecified atom stereocenters. The Hall–Kier alpha value is -3.02. The third kappa shape index (κ3) is 3.35. The summed E-state index contributed by atoms with van der Waals surface area (Å²) in [5.41, 5.74) is 2.78. The summed E-state index contributed by atoms with van der Waals surface area (Å²) in [4.78, 5) is 23.1. The van der Waals surface area contributed by atoms with Gasteiger partial charge in [-0.25, -0.2) is 14.6 Å². The van der Waals surface area contributed by atoms with E-state index in [9.17, 15) is 4.79 Å². The number of hydrogen-bond acceptors (Lipinski definition) is 5. The van der Waals surface area contributed by atoms with Crippen LogP contribution in [0.2, 0.25) is 0 Å². The van der Waals surface area contributed by atoms with Crippen LogP contribution >= 0.6 is 0 Å². The fraction of sp³-hybridized carbons (Fsp3) is 0.300. The summed E-state index contributed by atoms with van der Waals surface area (Å²) in [6, 6.07) is 15.5. The molecule has 3 heterocycles.